The third kappa shape index (κ3) is 1.79. The van der Waals surface area contributed by atoms with Gasteiger partial charge in [-0.05, 0) is 13.8 Å². The smallest absolute Gasteiger partial charge is 0.0994 e. The molecule has 3 heteroatoms. The van der Waals surface area contributed by atoms with Crippen molar-refractivity contribution in [3.63, 3.8) is 0 Å². The lowest BCUT2D eigenvalue weighted by Crippen LogP contribution is -2.39. The zero-order valence-electron chi connectivity index (χ0n) is 7.88. The van der Waals surface area contributed by atoms with Crippen LogP contribution < -0.4 is 0 Å². The number of ether oxygens (including phenoxy) is 2. The third-order valence-electron chi connectivity index (χ3n) is 2.69. The molecule has 0 aliphatic carbocycles. The fourth-order valence-electron chi connectivity index (χ4n) is 1.61. The van der Waals surface area contributed by atoms with E-state index in [-0.39, 0.29) is 5.60 Å². The second kappa shape index (κ2) is 2.98. The molecule has 0 aromatic rings. The molecular formula is C9H17NO2. The van der Waals surface area contributed by atoms with Crippen molar-refractivity contribution in [2.24, 2.45) is 0 Å². The van der Waals surface area contributed by atoms with Crippen LogP contribution in [0.2, 0.25) is 0 Å². The van der Waals surface area contributed by atoms with Crippen LogP contribution in [0.5, 0.6) is 0 Å². The van der Waals surface area contributed by atoms with E-state index in [0.29, 0.717) is 6.10 Å². The van der Waals surface area contributed by atoms with E-state index in [0.717, 1.165) is 32.8 Å². The Morgan fingerprint density at radius 3 is 2.42 bits per heavy atom. The summed E-state index contributed by atoms with van der Waals surface area (Å²) in [6.45, 7) is 9.28. The highest BCUT2D eigenvalue weighted by molar-refractivity contribution is 4.96. The van der Waals surface area contributed by atoms with Gasteiger partial charge in [0.05, 0.1) is 24.9 Å². The fraction of sp³-hybridized carbons (Fsp3) is 1.00. The highest BCUT2D eigenvalue weighted by atomic mass is 16.6. The van der Waals surface area contributed by atoms with E-state index in [1.807, 2.05) is 0 Å². The third-order valence-corrected chi connectivity index (χ3v) is 2.69. The average molecular weight is 171 g/mol. The lowest BCUT2D eigenvalue weighted by Gasteiger charge is -2.25. The predicted molar refractivity (Wildman–Crippen MR) is 46.2 cm³/mol. The van der Waals surface area contributed by atoms with Crippen molar-refractivity contribution in [2.75, 3.05) is 32.8 Å². The quantitative estimate of drug-likeness (QED) is 0.565. The van der Waals surface area contributed by atoms with Gasteiger partial charge >= 0.3 is 0 Å². The van der Waals surface area contributed by atoms with E-state index in [1.54, 1.807) is 0 Å². The molecule has 1 atom stereocenters. The average Bonchev–Trinajstić information content (AvgIpc) is 2.61. The van der Waals surface area contributed by atoms with Crippen molar-refractivity contribution in [1.29, 1.82) is 0 Å². The molecule has 2 heterocycles. The topological polar surface area (TPSA) is 25.0 Å². The number of epoxide rings is 1. The molecule has 0 spiro atoms. The summed E-state index contributed by atoms with van der Waals surface area (Å²) in [5.41, 5.74) is 0.137. The maximum atomic E-state index is 5.52. The van der Waals surface area contributed by atoms with Crippen LogP contribution in [0.15, 0.2) is 0 Å². The number of nitrogens with zero attached hydrogens (tertiary/aromatic N) is 1. The molecule has 0 unspecified atom stereocenters. The number of hydrogen-bond acceptors (Lipinski definition) is 3. The van der Waals surface area contributed by atoms with Crippen molar-refractivity contribution in [1.82, 2.24) is 4.90 Å². The summed E-state index contributed by atoms with van der Waals surface area (Å²) in [5, 5.41) is 0. The summed E-state index contributed by atoms with van der Waals surface area (Å²) < 4.78 is 10.8. The van der Waals surface area contributed by atoms with E-state index < -0.39 is 0 Å². The normalized spacial score (nSPS) is 35.0. The van der Waals surface area contributed by atoms with Crippen LogP contribution in [-0.2, 0) is 9.47 Å². The standard InChI is InChI=1S/C9H17NO2/c1-9(2)8(12-9)7-10-3-5-11-6-4-10/h8H,3-7H2,1-2H3/t8-/m0/s1. The van der Waals surface area contributed by atoms with E-state index >= 15 is 0 Å². The van der Waals surface area contributed by atoms with Gasteiger partial charge in [0.2, 0.25) is 0 Å². The molecule has 0 bridgehead atoms. The monoisotopic (exact) mass is 171 g/mol. The fourth-order valence-corrected chi connectivity index (χ4v) is 1.61. The van der Waals surface area contributed by atoms with Gasteiger partial charge in [0.15, 0.2) is 0 Å². The van der Waals surface area contributed by atoms with Crippen LogP contribution in [0.4, 0.5) is 0 Å². The molecule has 2 rings (SSSR count). The largest absolute Gasteiger partial charge is 0.379 e. The number of hydrogen-bond donors (Lipinski definition) is 0. The van der Waals surface area contributed by atoms with Crippen molar-refractivity contribution in [3.05, 3.63) is 0 Å². The molecule has 12 heavy (non-hydrogen) atoms. The minimum Gasteiger partial charge on any atom is -0.379 e. The van der Waals surface area contributed by atoms with E-state index in [4.69, 9.17) is 9.47 Å². The van der Waals surface area contributed by atoms with Crippen molar-refractivity contribution >= 4 is 0 Å². The van der Waals surface area contributed by atoms with Gasteiger partial charge in [0.25, 0.3) is 0 Å². The van der Waals surface area contributed by atoms with Crippen molar-refractivity contribution in [2.45, 2.75) is 25.6 Å². The second-order valence-electron chi connectivity index (χ2n) is 4.12. The van der Waals surface area contributed by atoms with Gasteiger partial charge in [0.1, 0.15) is 0 Å². The van der Waals surface area contributed by atoms with Crippen LogP contribution in [-0.4, -0.2) is 49.5 Å². The molecule has 0 radical (unpaired) electrons. The van der Waals surface area contributed by atoms with Gasteiger partial charge in [-0.1, -0.05) is 0 Å². The van der Waals surface area contributed by atoms with Crippen LogP contribution in [0, 0.1) is 0 Å². The van der Waals surface area contributed by atoms with Gasteiger partial charge in [-0.3, -0.25) is 4.90 Å². The number of morpholine rings is 1. The van der Waals surface area contributed by atoms with E-state index in [2.05, 4.69) is 18.7 Å². The lowest BCUT2D eigenvalue weighted by atomic mass is 10.1. The molecule has 0 aromatic carbocycles. The summed E-state index contributed by atoms with van der Waals surface area (Å²) in [4.78, 5) is 2.42. The van der Waals surface area contributed by atoms with Gasteiger partial charge in [-0.2, -0.15) is 0 Å². The summed E-state index contributed by atoms with van der Waals surface area (Å²) in [6.07, 6.45) is 0.454. The van der Waals surface area contributed by atoms with Crippen LogP contribution in [0.25, 0.3) is 0 Å². The van der Waals surface area contributed by atoms with Gasteiger partial charge in [0, 0.05) is 19.6 Å². The van der Waals surface area contributed by atoms with Crippen LogP contribution in [0.1, 0.15) is 13.8 Å². The summed E-state index contributed by atoms with van der Waals surface area (Å²) in [6, 6.07) is 0. The second-order valence-corrected chi connectivity index (χ2v) is 4.12. The molecule has 3 nitrogen and oxygen atoms in total. The first-order valence-electron chi connectivity index (χ1n) is 4.66. The van der Waals surface area contributed by atoms with Crippen molar-refractivity contribution < 1.29 is 9.47 Å². The van der Waals surface area contributed by atoms with Gasteiger partial charge in [-0.15, -0.1) is 0 Å². The molecule has 0 aromatic heterocycles. The first-order chi connectivity index (χ1) is 5.68. The van der Waals surface area contributed by atoms with E-state index in [9.17, 15) is 0 Å². The van der Waals surface area contributed by atoms with Crippen molar-refractivity contribution in [3.8, 4) is 0 Å². The zero-order chi connectivity index (χ0) is 8.60. The first kappa shape index (κ1) is 8.48. The molecule has 0 saturated carbocycles. The van der Waals surface area contributed by atoms with Gasteiger partial charge in [-0.25, -0.2) is 0 Å². The molecule has 0 amide bonds. The first-order valence-corrected chi connectivity index (χ1v) is 4.66. The van der Waals surface area contributed by atoms with Crippen LogP contribution in [0.3, 0.4) is 0 Å². The van der Waals surface area contributed by atoms with E-state index in [1.165, 1.54) is 0 Å². The Kier molecular flexibility index (Phi) is 2.10. The molecular weight excluding hydrogens is 154 g/mol. The highest BCUT2D eigenvalue weighted by Gasteiger charge is 2.48. The Morgan fingerprint density at radius 2 is 1.92 bits per heavy atom. The number of rotatable bonds is 2. The van der Waals surface area contributed by atoms with Crippen LogP contribution >= 0.6 is 0 Å². The molecule has 2 aliphatic rings. The minimum atomic E-state index is 0.137. The molecule has 2 fully saturated rings. The Labute approximate surface area is 73.6 Å². The maximum absolute atomic E-state index is 5.52. The minimum absolute atomic E-state index is 0.137. The maximum Gasteiger partial charge on any atom is 0.0994 e. The molecule has 70 valence electrons. The summed E-state index contributed by atoms with van der Waals surface area (Å²) in [5.74, 6) is 0. The molecule has 2 saturated heterocycles. The Hall–Kier alpha value is -0.120. The molecule has 0 N–H and O–H groups in total. The Morgan fingerprint density at radius 1 is 1.33 bits per heavy atom. The zero-order valence-corrected chi connectivity index (χ0v) is 7.88. The predicted octanol–water partition coefficient (Wildman–Crippen LogP) is 0.496. The SMILES string of the molecule is CC1(C)O[C@H]1CN1CCOCC1. The van der Waals surface area contributed by atoms with Gasteiger partial charge < -0.3 is 9.47 Å². The highest BCUT2D eigenvalue weighted by Crippen LogP contribution is 2.35. The Balaban J connectivity index is 1.73. The lowest BCUT2D eigenvalue weighted by molar-refractivity contribution is 0.0349. The summed E-state index contributed by atoms with van der Waals surface area (Å²) in [7, 11) is 0. The molecule has 2 aliphatic heterocycles. The Bertz CT molecular complexity index is 164. The summed E-state index contributed by atoms with van der Waals surface area (Å²) >= 11 is 0.